The van der Waals surface area contributed by atoms with Gasteiger partial charge in [-0.1, -0.05) is 0 Å². The summed E-state index contributed by atoms with van der Waals surface area (Å²) in [7, 11) is 1.64. The second-order valence-corrected chi connectivity index (χ2v) is 1.99. The van der Waals surface area contributed by atoms with Crippen LogP contribution in [0.3, 0.4) is 0 Å². The van der Waals surface area contributed by atoms with Gasteiger partial charge in [0.1, 0.15) is 0 Å². The van der Waals surface area contributed by atoms with Gasteiger partial charge in [0, 0.05) is 13.1 Å². The Morgan fingerprint density at radius 3 is 2.50 bits per heavy atom. The van der Waals surface area contributed by atoms with Gasteiger partial charge in [-0.2, -0.15) is 0 Å². The molecule has 0 spiro atoms. The molecule has 1 heterocycles. The fourth-order valence-electron chi connectivity index (χ4n) is 0.938. The number of hydrogen-bond donors (Lipinski definition) is 1. The Labute approximate surface area is 49.5 Å². The van der Waals surface area contributed by atoms with Crippen molar-refractivity contribution in [2.45, 2.75) is 12.8 Å². The molecular weight excluding hydrogens is 104 g/mol. The Hall–Kier alpha value is -0.120. The zero-order valence-electron chi connectivity index (χ0n) is 5.18. The molecule has 48 valence electrons. The molecule has 1 N–H and O–H groups in total. The third kappa shape index (κ3) is 1.43. The Morgan fingerprint density at radius 1 is 1.38 bits per heavy atom. The van der Waals surface area contributed by atoms with Crippen LogP contribution in [0, 0.1) is 0 Å². The molecule has 3 heteroatoms. The highest BCUT2D eigenvalue weighted by atomic mass is 16.7. The lowest BCUT2D eigenvalue weighted by Gasteiger charge is -2.12. The van der Waals surface area contributed by atoms with E-state index in [9.17, 15) is 0 Å². The van der Waals surface area contributed by atoms with Crippen LogP contribution in [0.5, 0.6) is 0 Å². The van der Waals surface area contributed by atoms with Crippen LogP contribution in [0.25, 0.3) is 0 Å². The first-order valence-corrected chi connectivity index (χ1v) is 2.97. The lowest BCUT2D eigenvalue weighted by atomic mass is 10.4. The Bertz CT molecular complexity index is 61.4. The van der Waals surface area contributed by atoms with Crippen molar-refractivity contribution in [2.24, 2.45) is 0 Å². The van der Waals surface area contributed by atoms with Crippen LogP contribution in [-0.4, -0.2) is 25.2 Å². The minimum atomic E-state index is 1.12. The fourth-order valence-corrected chi connectivity index (χ4v) is 0.938. The van der Waals surface area contributed by atoms with Gasteiger partial charge in [0.2, 0.25) is 0 Å². The molecule has 0 atom stereocenters. The molecule has 1 aliphatic heterocycles. The highest BCUT2D eigenvalue weighted by Crippen LogP contribution is 2.02. The Kier molecular flexibility index (Phi) is 2.27. The molecular formula is C5H12N2O. The molecule has 1 saturated heterocycles. The molecule has 1 rings (SSSR count). The third-order valence-corrected chi connectivity index (χ3v) is 1.33. The highest BCUT2D eigenvalue weighted by Gasteiger charge is 2.08. The van der Waals surface area contributed by atoms with Crippen molar-refractivity contribution in [2.75, 3.05) is 20.2 Å². The van der Waals surface area contributed by atoms with Crippen LogP contribution < -0.4 is 5.59 Å². The summed E-state index contributed by atoms with van der Waals surface area (Å²) in [5.74, 6) is 0. The highest BCUT2D eigenvalue weighted by molar-refractivity contribution is 4.58. The van der Waals surface area contributed by atoms with Crippen LogP contribution in [0.2, 0.25) is 0 Å². The van der Waals surface area contributed by atoms with Crippen molar-refractivity contribution in [1.82, 2.24) is 10.6 Å². The predicted molar refractivity (Wildman–Crippen MR) is 31.0 cm³/mol. The first-order chi connectivity index (χ1) is 3.93. The summed E-state index contributed by atoms with van der Waals surface area (Å²) in [6.07, 6.45) is 2.58. The third-order valence-electron chi connectivity index (χ3n) is 1.33. The Morgan fingerprint density at radius 2 is 2.00 bits per heavy atom. The molecule has 1 fully saturated rings. The topological polar surface area (TPSA) is 24.5 Å². The molecule has 0 aromatic carbocycles. The lowest BCUT2D eigenvalue weighted by molar-refractivity contribution is -0.0429. The number of hydrogen-bond acceptors (Lipinski definition) is 3. The largest absolute Gasteiger partial charge is 0.290 e. The normalized spacial score (nSPS) is 22.1. The smallest absolute Gasteiger partial charge is 0.0588 e. The van der Waals surface area contributed by atoms with Crippen LogP contribution in [0.4, 0.5) is 0 Å². The minimum Gasteiger partial charge on any atom is -0.290 e. The first-order valence-electron chi connectivity index (χ1n) is 2.97. The average molecular weight is 116 g/mol. The standard InChI is InChI=1S/C5H12N2O/c1-8-6-7-4-2-3-5-7/h6H,2-5H2,1H3. The molecule has 0 aromatic rings. The van der Waals surface area contributed by atoms with Gasteiger partial charge in [0.05, 0.1) is 7.11 Å². The summed E-state index contributed by atoms with van der Waals surface area (Å²) in [6.45, 7) is 2.24. The number of hydrazine groups is 1. The van der Waals surface area contributed by atoms with E-state index in [-0.39, 0.29) is 0 Å². The van der Waals surface area contributed by atoms with E-state index < -0.39 is 0 Å². The van der Waals surface area contributed by atoms with Gasteiger partial charge in [-0.15, -0.1) is 5.59 Å². The molecule has 1 aliphatic rings. The second kappa shape index (κ2) is 3.02. The van der Waals surface area contributed by atoms with E-state index in [2.05, 4.69) is 10.6 Å². The maximum Gasteiger partial charge on any atom is 0.0588 e. The van der Waals surface area contributed by atoms with E-state index in [4.69, 9.17) is 4.84 Å². The zero-order chi connectivity index (χ0) is 5.82. The predicted octanol–water partition coefficient (Wildman–Crippen LogP) is 0.148. The molecule has 0 aliphatic carbocycles. The van der Waals surface area contributed by atoms with Crippen molar-refractivity contribution in [3.8, 4) is 0 Å². The maximum atomic E-state index is 4.70. The average Bonchev–Trinajstić information content (AvgIpc) is 2.19. The van der Waals surface area contributed by atoms with Crippen molar-refractivity contribution >= 4 is 0 Å². The first kappa shape index (κ1) is 6.01. The van der Waals surface area contributed by atoms with Gasteiger partial charge in [-0.05, 0) is 12.8 Å². The minimum absolute atomic E-state index is 1.12. The van der Waals surface area contributed by atoms with Gasteiger partial charge >= 0.3 is 0 Å². The summed E-state index contributed by atoms with van der Waals surface area (Å²) >= 11 is 0. The van der Waals surface area contributed by atoms with E-state index in [1.54, 1.807) is 7.11 Å². The Balaban J connectivity index is 2.06. The van der Waals surface area contributed by atoms with Crippen molar-refractivity contribution in [3.63, 3.8) is 0 Å². The molecule has 0 amide bonds. The van der Waals surface area contributed by atoms with E-state index in [0.717, 1.165) is 13.1 Å². The molecule has 0 bridgehead atoms. The zero-order valence-corrected chi connectivity index (χ0v) is 5.18. The fraction of sp³-hybridized carbons (Fsp3) is 1.00. The number of nitrogens with one attached hydrogen (secondary N) is 1. The molecule has 0 saturated carbocycles. The number of nitrogens with zero attached hydrogens (tertiary/aromatic N) is 1. The molecule has 0 aromatic heterocycles. The summed E-state index contributed by atoms with van der Waals surface area (Å²) in [5, 5.41) is 2.07. The van der Waals surface area contributed by atoms with E-state index >= 15 is 0 Å². The lowest BCUT2D eigenvalue weighted by Crippen LogP contribution is -2.34. The van der Waals surface area contributed by atoms with Crippen LogP contribution in [-0.2, 0) is 4.84 Å². The van der Waals surface area contributed by atoms with Crippen LogP contribution >= 0.6 is 0 Å². The van der Waals surface area contributed by atoms with Gasteiger partial charge in [-0.25, -0.2) is 5.01 Å². The van der Waals surface area contributed by atoms with Gasteiger partial charge < -0.3 is 0 Å². The summed E-state index contributed by atoms with van der Waals surface area (Å²) in [4.78, 5) is 4.70. The van der Waals surface area contributed by atoms with Gasteiger partial charge in [0.25, 0.3) is 0 Å². The summed E-state index contributed by atoms with van der Waals surface area (Å²) < 4.78 is 0. The van der Waals surface area contributed by atoms with Crippen LogP contribution in [0.1, 0.15) is 12.8 Å². The quantitative estimate of drug-likeness (QED) is 0.520. The molecule has 0 radical (unpaired) electrons. The van der Waals surface area contributed by atoms with Gasteiger partial charge in [0.15, 0.2) is 0 Å². The molecule has 3 nitrogen and oxygen atoms in total. The monoisotopic (exact) mass is 116 g/mol. The van der Waals surface area contributed by atoms with Gasteiger partial charge in [-0.3, -0.25) is 4.84 Å². The second-order valence-electron chi connectivity index (χ2n) is 1.99. The molecule has 0 unspecified atom stereocenters. The van der Waals surface area contributed by atoms with E-state index in [1.165, 1.54) is 12.8 Å². The summed E-state index contributed by atoms with van der Waals surface area (Å²) in [5.41, 5.74) is 2.78. The number of rotatable bonds is 2. The molecule has 8 heavy (non-hydrogen) atoms. The SMILES string of the molecule is CONN1CCCC1. The van der Waals surface area contributed by atoms with Crippen molar-refractivity contribution in [1.29, 1.82) is 0 Å². The van der Waals surface area contributed by atoms with Crippen molar-refractivity contribution < 1.29 is 4.84 Å². The van der Waals surface area contributed by atoms with Crippen molar-refractivity contribution in [3.05, 3.63) is 0 Å². The van der Waals surface area contributed by atoms with Crippen LogP contribution in [0.15, 0.2) is 0 Å². The maximum absolute atomic E-state index is 4.70. The summed E-state index contributed by atoms with van der Waals surface area (Å²) in [6, 6.07) is 0. The van der Waals surface area contributed by atoms with E-state index in [0.29, 0.717) is 0 Å². The van der Waals surface area contributed by atoms with E-state index in [1.807, 2.05) is 0 Å².